The molecule has 20 heavy (non-hydrogen) atoms. The fourth-order valence-electron chi connectivity index (χ4n) is 3.46. The van der Waals surface area contributed by atoms with Gasteiger partial charge in [0.1, 0.15) is 0 Å². The summed E-state index contributed by atoms with van der Waals surface area (Å²) in [7, 11) is 0. The standard InChI is InChI=1S/C19H31N/c1-15-10-12-19(13-11-15,14-20-18(3,4)5)17-9-7-6-8-16(17)2/h6-9,15,20H,10-14H2,1-5H3. The first-order valence-electron chi connectivity index (χ1n) is 8.14. The molecule has 0 aliphatic heterocycles. The molecule has 0 unspecified atom stereocenters. The predicted octanol–water partition coefficient (Wildman–Crippen LogP) is 4.83. The molecule has 1 aliphatic rings. The van der Waals surface area contributed by atoms with Crippen molar-refractivity contribution in [2.24, 2.45) is 5.92 Å². The molecule has 2 rings (SSSR count). The number of hydrogen-bond donors (Lipinski definition) is 1. The molecule has 1 N–H and O–H groups in total. The van der Waals surface area contributed by atoms with Gasteiger partial charge in [0.25, 0.3) is 0 Å². The summed E-state index contributed by atoms with van der Waals surface area (Å²) in [5.74, 6) is 0.891. The lowest BCUT2D eigenvalue weighted by Crippen LogP contribution is -2.47. The molecule has 112 valence electrons. The van der Waals surface area contributed by atoms with Gasteiger partial charge < -0.3 is 5.32 Å². The second kappa shape index (κ2) is 5.89. The van der Waals surface area contributed by atoms with E-state index in [1.807, 2.05) is 0 Å². The number of nitrogens with one attached hydrogen (secondary N) is 1. The van der Waals surface area contributed by atoms with Gasteiger partial charge in [-0.1, -0.05) is 31.2 Å². The Morgan fingerprint density at radius 1 is 1.15 bits per heavy atom. The largest absolute Gasteiger partial charge is 0.311 e. The van der Waals surface area contributed by atoms with Crippen LogP contribution in [0.4, 0.5) is 0 Å². The van der Waals surface area contributed by atoms with E-state index in [-0.39, 0.29) is 5.54 Å². The van der Waals surface area contributed by atoms with Crippen molar-refractivity contribution in [3.63, 3.8) is 0 Å². The Balaban J connectivity index is 2.27. The van der Waals surface area contributed by atoms with Crippen LogP contribution in [-0.2, 0) is 5.41 Å². The smallest absolute Gasteiger partial charge is 0.00968 e. The number of aryl methyl sites for hydroxylation is 1. The third-order valence-electron chi connectivity index (χ3n) is 4.90. The molecule has 0 aromatic heterocycles. The SMILES string of the molecule is Cc1ccccc1C1(CNC(C)(C)C)CCC(C)CC1. The number of rotatable bonds is 3. The van der Waals surface area contributed by atoms with Crippen LogP contribution in [0, 0.1) is 12.8 Å². The van der Waals surface area contributed by atoms with E-state index in [2.05, 4.69) is 64.2 Å². The van der Waals surface area contributed by atoms with Gasteiger partial charge in [0.2, 0.25) is 0 Å². The minimum atomic E-state index is 0.193. The number of benzene rings is 1. The van der Waals surface area contributed by atoms with Crippen molar-refractivity contribution in [1.29, 1.82) is 0 Å². The second-order valence-electron chi connectivity index (χ2n) is 7.88. The monoisotopic (exact) mass is 273 g/mol. The zero-order valence-electron chi connectivity index (χ0n) is 13.9. The molecular formula is C19H31N. The fourth-order valence-corrected chi connectivity index (χ4v) is 3.46. The van der Waals surface area contributed by atoms with Crippen molar-refractivity contribution < 1.29 is 0 Å². The molecule has 1 nitrogen and oxygen atoms in total. The van der Waals surface area contributed by atoms with Gasteiger partial charge in [0.05, 0.1) is 0 Å². The van der Waals surface area contributed by atoms with Gasteiger partial charge in [0.15, 0.2) is 0 Å². The van der Waals surface area contributed by atoms with Crippen molar-refractivity contribution in [3.8, 4) is 0 Å². The minimum Gasteiger partial charge on any atom is -0.311 e. The maximum absolute atomic E-state index is 3.77. The lowest BCUT2D eigenvalue weighted by atomic mass is 9.65. The van der Waals surface area contributed by atoms with E-state index < -0.39 is 0 Å². The van der Waals surface area contributed by atoms with Gasteiger partial charge in [0, 0.05) is 17.5 Å². The first-order valence-corrected chi connectivity index (χ1v) is 8.14. The lowest BCUT2D eigenvalue weighted by molar-refractivity contribution is 0.216. The van der Waals surface area contributed by atoms with Gasteiger partial charge in [-0.15, -0.1) is 0 Å². The summed E-state index contributed by atoms with van der Waals surface area (Å²) >= 11 is 0. The van der Waals surface area contributed by atoms with Crippen LogP contribution >= 0.6 is 0 Å². The van der Waals surface area contributed by atoms with Crippen LogP contribution in [0.5, 0.6) is 0 Å². The molecule has 0 heterocycles. The van der Waals surface area contributed by atoms with Crippen molar-refractivity contribution in [1.82, 2.24) is 5.32 Å². The molecule has 0 atom stereocenters. The summed E-state index contributed by atoms with van der Waals surface area (Å²) in [4.78, 5) is 0. The average molecular weight is 273 g/mol. The molecule has 0 amide bonds. The van der Waals surface area contributed by atoms with Crippen molar-refractivity contribution in [3.05, 3.63) is 35.4 Å². The van der Waals surface area contributed by atoms with E-state index in [9.17, 15) is 0 Å². The number of hydrogen-bond acceptors (Lipinski definition) is 1. The molecule has 0 saturated heterocycles. The summed E-state index contributed by atoms with van der Waals surface area (Å²) in [6.45, 7) is 12.6. The quantitative estimate of drug-likeness (QED) is 0.831. The predicted molar refractivity (Wildman–Crippen MR) is 88.2 cm³/mol. The van der Waals surface area contributed by atoms with Gasteiger partial charge in [-0.05, 0) is 70.4 Å². The van der Waals surface area contributed by atoms with Crippen LogP contribution in [0.15, 0.2) is 24.3 Å². The first kappa shape index (κ1) is 15.6. The van der Waals surface area contributed by atoms with Gasteiger partial charge in [-0.3, -0.25) is 0 Å². The minimum absolute atomic E-state index is 0.193. The Kier molecular flexibility index (Phi) is 4.59. The molecule has 1 aromatic carbocycles. The summed E-state index contributed by atoms with van der Waals surface area (Å²) in [6.07, 6.45) is 5.37. The van der Waals surface area contributed by atoms with E-state index in [1.54, 1.807) is 5.56 Å². The highest BCUT2D eigenvalue weighted by Gasteiger charge is 2.37. The van der Waals surface area contributed by atoms with Crippen LogP contribution < -0.4 is 5.32 Å². The second-order valence-corrected chi connectivity index (χ2v) is 7.88. The van der Waals surface area contributed by atoms with E-state index in [4.69, 9.17) is 0 Å². The maximum Gasteiger partial charge on any atom is 0.00968 e. The van der Waals surface area contributed by atoms with Crippen molar-refractivity contribution in [2.75, 3.05) is 6.54 Å². The van der Waals surface area contributed by atoms with Crippen LogP contribution in [0.1, 0.15) is 64.5 Å². The third kappa shape index (κ3) is 3.63. The summed E-state index contributed by atoms with van der Waals surface area (Å²) in [5.41, 5.74) is 3.56. The highest BCUT2D eigenvalue weighted by Crippen LogP contribution is 2.42. The highest BCUT2D eigenvalue weighted by atomic mass is 15.0. The first-order chi connectivity index (χ1) is 9.32. The van der Waals surface area contributed by atoms with Crippen LogP contribution in [0.25, 0.3) is 0 Å². The van der Waals surface area contributed by atoms with Crippen molar-refractivity contribution >= 4 is 0 Å². The molecular weight excluding hydrogens is 242 g/mol. The zero-order valence-corrected chi connectivity index (χ0v) is 13.9. The fraction of sp³-hybridized carbons (Fsp3) is 0.684. The Morgan fingerprint density at radius 3 is 2.30 bits per heavy atom. The molecule has 1 heteroatoms. The highest BCUT2D eigenvalue weighted by molar-refractivity contribution is 5.34. The Hall–Kier alpha value is -0.820. The molecule has 0 radical (unpaired) electrons. The van der Waals surface area contributed by atoms with E-state index in [0.29, 0.717) is 5.41 Å². The molecule has 0 spiro atoms. The van der Waals surface area contributed by atoms with Gasteiger partial charge >= 0.3 is 0 Å². The molecule has 1 aliphatic carbocycles. The van der Waals surface area contributed by atoms with Crippen LogP contribution in [-0.4, -0.2) is 12.1 Å². The normalized spacial score (nSPS) is 27.6. The summed E-state index contributed by atoms with van der Waals surface area (Å²) in [6, 6.07) is 9.00. The van der Waals surface area contributed by atoms with Gasteiger partial charge in [-0.2, -0.15) is 0 Å². The lowest BCUT2D eigenvalue weighted by Gasteiger charge is -2.43. The van der Waals surface area contributed by atoms with Crippen LogP contribution in [0.2, 0.25) is 0 Å². The van der Waals surface area contributed by atoms with E-state index >= 15 is 0 Å². The summed E-state index contributed by atoms with van der Waals surface area (Å²) < 4.78 is 0. The average Bonchev–Trinajstić information content (AvgIpc) is 2.39. The molecule has 1 saturated carbocycles. The van der Waals surface area contributed by atoms with Crippen LogP contribution in [0.3, 0.4) is 0 Å². The van der Waals surface area contributed by atoms with Gasteiger partial charge in [-0.25, -0.2) is 0 Å². The Bertz CT molecular complexity index is 433. The molecule has 1 aromatic rings. The van der Waals surface area contributed by atoms with Crippen molar-refractivity contribution in [2.45, 2.75) is 71.3 Å². The Labute approximate surface area is 125 Å². The topological polar surface area (TPSA) is 12.0 Å². The molecule has 0 bridgehead atoms. The Morgan fingerprint density at radius 2 is 1.75 bits per heavy atom. The molecule has 1 fully saturated rings. The third-order valence-corrected chi connectivity index (χ3v) is 4.90. The van der Waals surface area contributed by atoms with E-state index in [0.717, 1.165) is 12.5 Å². The maximum atomic E-state index is 3.77. The zero-order chi connectivity index (χ0) is 14.8. The van der Waals surface area contributed by atoms with E-state index in [1.165, 1.54) is 31.2 Å². The summed E-state index contributed by atoms with van der Waals surface area (Å²) in [5, 5.41) is 3.77.